The van der Waals surface area contributed by atoms with Gasteiger partial charge in [0, 0.05) is 26.2 Å². The van der Waals surface area contributed by atoms with Gasteiger partial charge in [-0.25, -0.2) is 0 Å². The first-order valence-corrected chi connectivity index (χ1v) is 7.21. The van der Waals surface area contributed by atoms with Crippen LogP contribution in [0.4, 0.5) is 0 Å². The minimum absolute atomic E-state index is 0.836. The summed E-state index contributed by atoms with van der Waals surface area (Å²) in [6, 6.07) is 0. The monoisotopic (exact) mass is 268 g/mol. The number of nitrogens with one attached hydrogen (secondary N) is 1. The van der Waals surface area contributed by atoms with Gasteiger partial charge in [0.2, 0.25) is 0 Å². The Kier molecular flexibility index (Phi) is 3.34. The molecule has 3 rings (SSSR count). The van der Waals surface area contributed by atoms with Crippen molar-refractivity contribution in [1.82, 2.24) is 20.0 Å². The van der Waals surface area contributed by atoms with Gasteiger partial charge in [0.05, 0.1) is 16.4 Å². The summed E-state index contributed by atoms with van der Waals surface area (Å²) in [5.41, 5.74) is 2.14. The number of aromatic nitrogens is 2. The Morgan fingerprint density at radius 2 is 2.00 bits per heavy atom. The number of aryl methyl sites for hydroxylation is 2. The van der Waals surface area contributed by atoms with E-state index in [0.29, 0.717) is 0 Å². The van der Waals surface area contributed by atoms with Gasteiger partial charge in [-0.05, 0) is 38.8 Å². The lowest BCUT2D eigenvalue weighted by molar-refractivity contribution is 0.295. The first kappa shape index (κ1) is 12.5. The summed E-state index contributed by atoms with van der Waals surface area (Å²) < 4.78 is 2.05. The van der Waals surface area contributed by atoms with E-state index in [-0.39, 0.29) is 0 Å². The molecule has 4 nitrogen and oxygen atoms in total. The Morgan fingerprint density at radius 1 is 1.33 bits per heavy atom. The summed E-state index contributed by atoms with van der Waals surface area (Å²) in [4.78, 5) is 2.53. The third kappa shape index (κ3) is 2.06. The van der Waals surface area contributed by atoms with E-state index in [2.05, 4.69) is 22.2 Å². The molecule has 0 aliphatic carbocycles. The molecule has 18 heavy (non-hydrogen) atoms. The third-order valence-corrected chi connectivity index (χ3v) is 4.78. The minimum Gasteiger partial charge on any atom is -0.316 e. The Hall–Kier alpha value is -0.580. The zero-order chi connectivity index (χ0) is 12.7. The van der Waals surface area contributed by atoms with Crippen molar-refractivity contribution >= 4 is 11.6 Å². The number of likely N-dealkylation sites (tertiary alicyclic amines) is 1. The molecule has 3 heterocycles. The van der Waals surface area contributed by atoms with Crippen molar-refractivity contribution in [3.05, 3.63) is 16.4 Å². The average Bonchev–Trinajstić information content (AvgIpc) is 2.98. The van der Waals surface area contributed by atoms with Crippen molar-refractivity contribution in [3.63, 3.8) is 0 Å². The van der Waals surface area contributed by atoms with E-state index >= 15 is 0 Å². The van der Waals surface area contributed by atoms with Crippen LogP contribution in [-0.2, 0) is 13.1 Å². The lowest BCUT2D eigenvalue weighted by Gasteiger charge is -2.17. The number of fused-ring (bicyclic) bond motifs is 1. The predicted octanol–water partition coefficient (Wildman–Crippen LogP) is 1.52. The van der Waals surface area contributed by atoms with Gasteiger partial charge in [0.1, 0.15) is 0 Å². The zero-order valence-corrected chi connectivity index (χ0v) is 11.9. The number of rotatable bonds is 3. The second kappa shape index (κ2) is 4.83. The Bertz CT molecular complexity index is 430. The normalized spacial score (nSPS) is 27.9. The summed E-state index contributed by atoms with van der Waals surface area (Å²) in [5.74, 6) is 1.67. The maximum Gasteiger partial charge on any atom is 0.0860 e. The fraction of sp³-hybridized carbons (Fsp3) is 0.769. The smallest absolute Gasteiger partial charge is 0.0860 e. The Labute approximate surface area is 113 Å². The van der Waals surface area contributed by atoms with Crippen LogP contribution in [0.15, 0.2) is 0 Å². The van der Waals surface area contributed by atoms with Crippen LogP contribution in [0, 0.1) is 18.8 Å². The van der Waals surface area contributed by atoms with E-state index < -0.39 is 0 Å². The lowest BCUT2D eigenvalue weighted by atomic mass is 10.0. The average molecular weight is 269 g/mol. The molecule has 1 N–H and O–H groups in total. The molecule has 0 bridgehead atoms. The van der Waals surface area contributed by atoms with Gasteiger partial charge in [0.25, 0.3) is 0 Å². The lowest BCUT2D eigenvalue weighted by Crippen LogP contribution is -2.26. The van der Waals surface area contributed by atoms with Crippen LogP contribution in [0.25, 0.3) is 0 Å². The van der Waals surface area contributed by atoms with Crippen LogP contribution in [0.2, 0.25) is 5.02 Å². The second-order valence-corrected chi connectivity index (χ2v) is 5.91. The van der Waals surface area contributed by atoms with E-state index in [9.17, 15) is 0 Å². The van der Waals surface area contributed by atoms with Crippen LogP contribution < -0.4 is 5.32 Å². The van der Waals surface area contributed by atoms with Crippen molar-refractivity contribution in [3.8, 4) is 0 Å². The summed E-state index contributed by atoms with van der Waals surface area (Å²) in [5, 5.41) is 8.82. The predicted molar refractivity (Wildman–Crippen MR) is 72.8 cm³/mol. The van der Waals surface area contributed by atoms with Gasteiger partial charge in [-0.3, -0.25) is 9.58 Å². The van der Waals surface area contributed by atoms with Crippen molar-refractivity contribution in [2.24, 2.45) is 11.8 Å². The fourth-order valence-corrected chi connectivity index (χ4v) is 3.51. The number of halogens is 1. The van der Waals surface area contributed by atoms with E-state index in [1.807, 2.05) is 11.6 Å². The molecular weight excluding hydrogens is 248 g/mol. The zero-order valence-electron chi connectivity index (χ0n) is 11.1. The molecule has 2 atom stereocenters. The molecule has 100 valence electrons. The van der Waals surface area contributed by atoms with E-state index in [0.717, 1.165) is 35.6 Å². The van der Waals surface area contributed by atoms with E-state index in [4.69, 9.17) is 11.6 Å². The standard InChI is InChI=1S/C13H21ClN4/c1-3-18-12(13(14)9(2)16-18)8-17-6-10-4-15-5-11(10)7-17/h10-11,15H,3-8H2,1-2H3. The van der Waals surface area contributed by atoms with E-state index in [1.165, 1.54) is 31.9 Å². The molecule has 2 aliphatic rings. The summed E-state index contributed by atoms with van der Waals surface area (Å²) in [6.07, 6.45) is 0. The second-order valence-electron chi connectivity index (χ2n) is 5.53. The molecule has 2 fully saturated rings. The van der Waals surface area contributed by atoms with E-state index in [1.54, 1.807) is 0 Å². The molecule has 0 radical (unpaired) electrons. The first-order chi connectivity index (χ1) is 8.69. The SMILES string of the molecule is CCn1nc(C)c(Cl)c1CN1CC2CNCC2C1. The molecule has 0 spiro atoms. The fourth-order valence-electron chi connectivity index (χ4n) is 3.31. The molecule has 2 saturated heterocycles. The van der Waals surface area contributed by atoms with Crippen LogP contribution in [0.3, 0.4) is 0 Å². The quantitative estimate of drug-likeness (QED) is 0.902. The highest BCUT2D eigenvalue weighted by Gasteiger charge is 2.36. The molecule has 5 heteroatoms. The van der Waals surface area contributed by atoms with Gasteiger partial charge in [-0.15, -0.1) is 0 Å². The highest BCUT2D eigenvalue weighted by molar-refractivity contribution is 6.31. The minimum atomic E-state index is 0.836. The molecular formula is C13H21ClN4. The molecule has 0 amide bonds. The number of hydrogen-bond acceptors (Lipinski definition) is 3. The van der Waals surface area contributed by atoms with Crippen LogP contribution >= 0.6 is 11.6 Å². The summed E-state index contributed by atoms with van der Waals surface area (Å²) in [6.45, 7) is 10.7. The Morgan fingerprint density at radius 3 is 2.61 bits per heavy atom. The molecule has 2 unspecified atom stereocenters. The first-order valence-electron chi connectivity index (χ1n) is 6.84. The van der Waals surface area contributed by atoms with Crippen LogP contribution in [-0.4, -0.2) is 40.9 Å². The van der Waals surface area contributed by atoms with Crippen molar-refractivity contribution < 1.29 is 0 Å². The maximum atomic E-state index is 6.37. The van der Waals surface area contributed by atoms with Gasteiger partial charge < -0.3 is 5.32 Å². The largest absolute Gasteiger partial charge is 0.316 e. The number of nitrogens with zero attached hydrogens (tertiary/aromatic N) is 3. The highest BCUT2D eigenvalue weighted by atomic mass is 35.5. The number of hydrogen-bond donors (Lipinski definition) is 1. The van der Waals surface area contributed by atoms with Crippen LogP contribution in [0.1, 0.15) is 18.3 Å². The highest BCUT2D eigenvalue weighted by Crippen LogP contribution is 2.29. The molecule has 1 aromatic heterocycles. The molecule has 0 saturated carbocycles. The topological polar surface area (TPSA) is 33.1 Å². The van der Waals surface area contributed by atoms with Crippen molar-refractivity contribution in [2.45, 2.75) is 26.9 Å². The van der Waals surface area contributed by atoms with Gasteiger partial charge in [0.15, 0.2) is 0 Å². The molecule has 1 aromatic rings. The van der Waals surface area contributed by atoms with Gasteiger partial charge in [-0.2, -0.15) is 5.10 Å². The van der Waals surface area contributed by atoms with Crippen molar-refractivity contribution in [1.29, 1.82) is 0 Å². The summed E-state index contributed by atoms with van der Waals surface area (Å²) in [7, 11) is 0. The van der Waals surface area contributed by atoms with Crippen LogP contribution in [0.5, 0.6) is 0 Å². The van der Waals surface area contributed by atoms with Crippen molar-refractivity contribution in [2.75, 3.05) is 26.2 Å². The molecule has 0 aromatic carbocycles. The Balaban J connectivity index is 1.73. The van der Waals surface area contributed by atoms with Gasteiger partial charge in [-0.1, -0.05) is 11.6 Å². The maximum absolute atomic E-state index is 6.37. The molecule has 2 aliphatic heterocycles. The summed E-state index contributed by atoms with van der Waals surface area (Å²) >= 11 is 6.37. The van der Waals surface area contributed by atoms with Gasteiger partial charge >= 0.3 is 0 Å². The third-order valence-electron chi connectivity index (χ3n) is 4.29.